The highest BCUT2D eigenvalue weighted by Crippen LogP contribution is 2.29. The molecule has 39 heavy (non-hydrogen) atoms. The summed E-state index contributed by atoms with van der Waals surface area (Å²) >= 11 is 7.36. The molecule has 0 saturated heterocycles. The number of furan rings is 1. The van der Waals surface area contributed by atoms with Gasteiger partial charge in [0.25, 0.3) is 11.5 Å². The Hall–Kier alpha value is -4.64. The van der Waals surface area contributed by atoms with E-state index in [2.05, 4.69) is 5.32 Å². The third-order valence-corrected chi connectivity index (χ3v) is 7.62. The Morgan fingerprint density at radius 3 is 2.46 bits per heavy atom. The van der Waals surface area contributed by atoms with Crippen molar-refractivity contribution in [1.29, 1.82) is 5.26 Å². The second-order valence-corrected chi connectivity index (χ2v) is 10.3. The smallest absolute Gasteiger partial charge is 0.273 e. The van der Waals surface area contributed by atoms with Gasteiger partial charge in [-0.25, -0.2) is 0 Å². The van der Waals surface area contributed by atoms with E-state index in [0.717, 1.165) is 28.0 Å². The van der Waals surface area contributed by atoms with Gasteiger partial charge in [-0.05, 0) is 73.5 Å². The van der Waals surface area contributed by atoms with Gasteiger partial charge in [-0.15, -0.1) is 11.3 Å². The summed E-state index contributed by atoms with van der Waals surface area (Å²) in [6.07, 6.45) is 1.60. The van der Waals surface area contributed by atoms with E-state index in [1.165, 1.54) is 4.57 Å². The van der Waals surface area contributed by atoms with Crippen molar-refractivity contribution in [2.24, 2.45) is 0 Å². The van der Waals surface area contributed by atoms with Crippen LogP contribution in [-0.2, 0) is 4.79 Å². The molecule has 5 aromatic rings. The number of nitrogens with one attached hydrogen (secondary N) is 1. The largest absolute Gasteiger partial charge is 0.457 e. The van der Waals surface area contributed by atoms with Gasteiger partial charge in [0, 0.05) is 17.3 Å². The molecule has 5 rings (SSSR count). The molecule has 1 N–H and O–H groups in total. The van der Waals surface area contributed by atoms with Crippen LogP contribution in [0.3, 0.4) is 0 Å². The van der Waals surface area contributed by atoms with Crippen LogP contribution in [0.4, 0.5) is 5.69 Å². The monoisotopic (exact) mass is 551 g/mol. The van der Waals surface area contributed by atoms with E-state index in [1.807, 2.05) is 56.3 Å². The number of aryl methyl sites for hydroxylation is 2. The Balaban J connectivity index is 1.66. The fraction of sp³-hybridized carbons (Fsp3) is 0.0645. The molecule has 0 radical (unpaired) electrons. The van der Waals surface area contributed by atoms with E-state index < -0.39 is 5.91 Å². The third kappa shape index (κ3) is 5.34. The van der Waals surface area contributed by atoms with Crippen LogP contribution in [0, 0.1) is 25.2 Å². The van der Waals surface area contributed by atoms with Gasteiger partial charge in [-0.2, -0.15) is 5.26 Å². The number of benzene rings is 3. The summed E-state index contributed by atoms with van der Waals surface area (Å²) in [6, 6.07) is 27.3. The molecule has 6 nitrogen and oxygen atoms in total. The Bertz CT molecular complexity index is 1930. The molecule has 0 atom stereocenters. The van der Waals surface area contributed by atoms with Gasteiger partial charge in [0.2, 0.25) is 0 Å². The predicted molar refractivity (Wildman–Crippen MR) is 155 cm³/mol. The number of rotatable bonds is 5. The molecule has 0 aliphatic heterocycles. The fourth-order valence-electron chi connectivity index (χ4n) is 4.04. The molecule has 0 aliphatic carbocycles. The van der Waals surface area contributed by atoms with Crippen LogP contribution >= 0.6 is 22.9 Å². The number of halogens is 1. The molecule has 0 unspecified atom stereocenters. The van der Waals surface area contributed by atoms with E-state index in [1.54, 1.807) is 54.6 Å². The first-order valence-electron chi connectivity index (χ1n) is 12.0. The summed E-state index contributed by atoms with van der Waals surface area (Å²) in [5, 5.41) is 13.4. The van der Waals surface area contributed by atoms with E-state index in [4.69, 9.17) is 16.0 Å². The van der Waals surface area contributed by atoms with Gasteiger partial charge < -0.3 is 9.73 Å². The molecule has 2 heterocycles. The molecule has 1 amide bonds. The molecule has 0 bridgehead atoms. The Labute approximate surface area is 233 Å². The van der Waals surface area contributed by atoms with Crippen molar-refractivity contribution in [3.8, 4) is 23.1 Å². The average molecular weight is 552 g/mol. The molecule has 192 valence electrons. The first-order valence-corrected chi connectivity index (χ1v) is 13.2. The fourth-order valence-corrected chi connectivity index (χ4v) is 5.35. The van der Waals surface area contributed by atoms with Crippen molar-refractivity contribution in [3.63, 3.8) is 0 Å². The van der Waals surface area contributed by atoms with Gasteiger partial charge in [-0.3, -0.25) is 14.2 Å². The number of aromatic nitrogens is 1. The minimum Gasteiger partial charge on any atom is -0.457 e. The third-order valence-electron chi connectivity index (χ3n) is 6.19. The summed E-state index contributed by atoms with van der Waals surface area (Å²) in [5.74, 6) is 0.398. The topological polar surface area (TPSA) is 88.0 Å². The number of anilines is 1. The second kappa shape index (κ2) is 11.0. The van der Waals surface area contributed by atoms with Crippen molar-refractivity contribution in [2.75, 3.05) is 5.32 Å². The van der Waals surface area contributed by atoms with Crippen molar-refractivity contribution in [3.05, 3.63) is 126 Å². The quantitative estimate of drug-likeness (QED) is 0.309. The Morgan fingerprint density at radius 2 is 1.74 bits per heavy atom. The first kappa shape index (κ1) is 26.0. The Morgan fingerprint density at radius 1 is 1.00 bits per heavy atom. The molecular weight excluding hydrogens is 530 g/mol. The first-order chi connectivity index (χ1) is 18.9. The highest BCUT2D eigenvalue weighted by atomic mass is 35.5. The summed E-state index contributed by atoms with van der Waals surface area (Å²) in [6.45, 7) is 3.92. The highest BCUT2D eigenvalue weighted by Gasteiger charge is 2.18. The van der Waals surface area contributed by atoms with E-state index in [0.29, 0.717) is 32.5 Å². The minimum absolute atomic E-state index is 0.171. The van der Waals surface area contributed by atoms with Gasteiger partial charge >= 0.3 is 0 Å². The molecule has 3 aromatic carbocycles. The van der Waals surface area contributed by atoms with Gasteiger partial charge in [0.15, 0.2) is 5.57 Å². The number of carbonyl (C=O) groups excluding carboxylic acids is 1. The van der Waals surface area contributed by atoms with E-state index >= 15 is 0 Å². The number of thiazole rings is 1. The number of hydrogen-bond donors (Lipinski definition) is 1. The lowest BCUT2D eigenvalue weighted by atomic mass is 10.1. The SMILES string of the molecule is Cc1ccc(NC(=O)/C(C#N)=c2/s/c(=C/c3ccc(-c4ccccc4Cl)o3)c(=O)n2-c2ccccc2)cc1C. The Kier molecular flexibility index (Phi) is 7.33. The van der Waals surface area contributed by atoms with Crippen LogP contribution in [0.2, 0.25) is 5.02 Å². The average Bonchev–Trinajstić information content (AvgIpc) is 3.52. The van der Waals surface area contributed by atoms with Crippen molar-refractivity contribution in [1.82, 2.24) is 4.57 Å². The number of nitriles is 1. The van der Waals surface area contributed by atoms with Crippen LogP contribution in [-0.4, -0.2) is 10.5 Å². The molecular formula is C31H22ClN3O3S. The lowest BCUT2D eigenvalue weighted by Gasteiger charge is -2.07. The van der Waals surface area contributed by atoms with Gasteiger partial charge in [0.05, 0.1) is 15.2 Å². The molecule has 0 aliphatic rings. The zero-order valence-corrected chi connectivity index (χ0v) is 22.6. The molecule has 0 saturated carbocycles. The van der Waals surface area contributed by atoms with Crippen LogP contribution < -0.4 is 20.1 Å². The maximum atomic E-state index is 13.6. The van der Waals surface area contributed by atoms with Crippen LogP contribution in [0.1, 0.15) is 16.9 Å². The number of nitrogens with zero attached hydrogens (tertiary/aromatic N) is 2. The van der Waals surface area contributed by atoms with Crippen LogP contribution in [0.15, 0.2) is 94.1 Å². The maximum Gasteiger partial charge on any atom is 0.273 e. The van der Waals surface area contributed by atoms with Crippen molar-refractivity contribution in [2.45, 2.75) is 13.8 Å². The standard InChI is InChI=1S/C31H22ClN3O3S/c1-19-12-13-21(16-20(19)2)34-29(36)25(18-33)31-35(22-8-4-3-5-9-22)30(37)28(39-31)17-23-14-15-27(38-23)24-10-6-7-11-26(24)32/h3-17H,1-2H3,(H,34,36)/b28-17+,31-25+. The van der Waals surface area contributed by atoms with E-state index in [-0.39, 0.29) is 15.8 Å². The normalized spacial score (nSPS) is 12.2. The lowest BCUT2D eigenvalue weighted by molar-refractivity contribution is -0.111. The van der Waals surface area contributed by atoms with Gasteiger partial charge in [0.1, 0.15) is 22.3 Å². The lowest BCUT2D eigenvalue weighted by Crippen LogP contribution is -2.32. The minimum atomic E-state index is -0.600. The van der Waals surface area contributed by atoms with Crippen molar-refractivity contribution >= 4 is 46.2 Å². The predicted octanol–water partition coefficient (Wildman–Crippen LogP) is 5.57. The summed E-state index contributed by atoms with van der Waals surface area (Å²) in [5.41, 5.74) is 3.39. The van der Waals surface area contributed by atoms with Crippen LogP contribution in [0.5, 0.6) is 0 Å². The molecule has 0 fully saturated rings. The number of carbonyl (C=O) groups is 1. The highest BCUT2D eigenvalue weighted by molar-refractivity contribution is 7.07. The zero-order chi connectivity index (χ0) is 27.5. The van der Waals surface area contributed by atoms with Crippen LogP contribution in [0.25, 0.3) is 28.7 Å². The number of amides is 1. The summed E-state index contributed by atoms with van der Waals surface area (Å²) in [7, 11) is 0. The second-order valence-electron chi connectivity index (χ2n) is 8.81. The molecule has 0 spiro atoms. The number of hydrogen-bond acceptors (Lipinski definition) is 5. The number of para-hydroxylation sites is 1. The maximum absolute atomic E-state index is 13.6. The molecule has 8 heteroatoms. The molecule has 2 aromatic heterocycles. The zero-order valence-electron chi connectivity index (χ0n) is 21.1. The van der Waals surface area contributed by atoms with E-state index in [9.17, 15) is 14.9 Å². The summed E-state index contributed by atoms with van der Waals surface area (Å²) < 4.78 is 7.88. The van der Waals surface area contributed by atoms with Crippen molar-refractivity contribution < 1.29 is 9.21 Å². The summed E-state index contributed by atoms with van der Waals surface area (Å²) in [4.78, 5) is 26.9. The van der Waals surface area contributed by atoms with Gasteiger partial charge in [-0.1, -0.05) is 48.0 Å².